The van der Waals surface area contributed by atoms with Crippen LogP contribution in [-0.2, 0) is 45.2 Å². The Morgan fingerprint density at radius 1 is 0.786 bits per heavy atom. The minimum Gasteiger partial charge on any atom is -0.475 e. The number of aliphatic carboxylic acids is 3. The highest BCUT2D eigenvalue weighted by Crippen LogP contribution is 2.38. The molecule has 5 N–H and O–H groups in total. The van der Waals surface area contributed by atoms with Crippen LogP contribution in [0.1, 0.15) is 29.5 Å². The molecule has 0 bridgehead atoms. The van der Waals surface area contributed by atoms with Crippen LogP contribution in [0.5, 0.6) is 0 Å². The lowest BCUT2D eigenvalue weighted by molar-refractivity contribution is -0.193. The fraction of sp³-hybridized carbons (Fsp3) is 0.467. The van der Waals surface area contributed by atoms with Gasteiger partial charge in [-0.25, -0.2) is 27.5 Å². The van der Waals surface area contributed by atoms with Gasteiger partial charge in [0.15, 0.2) is 0 Å². The van der Waals surface area contributed by atoms with E-state index in [0.29, 0.717) is 36.4 Å². The number of carbonyl (C=O) groups excluding carboxylic acids is 1. The molecule has 318 valence electrons. The predicted molar refractivity (Wildman–Crippen MR) is 178 cm³/mol. The normalized spacial score (nSPS) is 14.3. The molecule has 0 saturated heterocycles. The number of hydrogen-bond donors (Lipinski definition) is 5. The van der Waals surface area contributed by atoms with Crippen molar-refractivity contribution in [2.45, 2.75) is 42.8 Å². The highest BCUT2D eigenvalue weighted by Gasteiger charge is 2.39. The third kappa shape index (κ3) is 20.8. The average molecular weight is 887 g/mol. The smallest absolute Gasteiger partial charge is 0.475 e. The third-order valence-electron chi connectivity index (χ3n) is 6.34. The number of nitrogens with zero attached hydrogens (tertiary/aromatic N) is 1. The summed E-state index contributed by atoms with van der Waals surface area (Å²) in [4.78, 5) is 39.8. The Bertz CT molecular complexity index is 1660. The van der Waals surface area contributed by atoms with Crippen LogP contribution in [0.4, 0.5) is 39.5 Å². The number of carboxylic acid groups (broad SMARTS) is 3. The van der Waals surface area contributed by atoms with Crippen molar-refractivity contribution in [1.82, 2.24) is 14.9 Å². The molecular formula is C30H34Cl2F9N3O11S. The number of benzene rings is 2. The van der Waals surface area contributed by atoms with E-state index >= 15 is 0 Å². The number of rotatable bonds is 12. The minimum atomic E-state index is -5.08. The largest absolute Gasteiger partial charge is 0.490 e. The van der Waals surface area contributed by atoms with Crippen molar-refractivity contribution in [2.24, 2.45) is 0 Å². The highest BCUT2D eigenvalue weighted by molar-refractivity contribution is 7.89. The fourth-order valence-electron chi connectivity index (χ4n) is 3.96. The molecule has 2 aromatic carbocycles. The van der Waals surface area contributed by atoms with Crippen molar-refractivity contribution in [3.63, 3.8) is 0 Å². The molecular weight excluding hydrogens is 852 g/mol. The van der Waals surface area contributed by atoms with Crippen molar-refractivity contribution in [1.29, 1.82) is 0 Å². The number of alkyl halides is 9. The lowest BCUT2D eigenvalue weighted by Gasteiger charge is -2.33. The zero-order chi connectivity index (χ0) is 43.7. The molecule has 0 aromatic heterocycles. The zero-order valence-electron chi connectivity index (χ0n) is 28.8. The van der Waals surface area contributed by atoms with Crippen LogP contribution < -0.4 is 10.0 Å². The van der Waals surface area contributed by atoms with Gasteiger partial charge in [-0.15, -0.1) is 0 Å². The van der Waals surface area contributed by atoms with E-state index in [4.69, 9.17) is 62.4 Å². The summed E-state index contributed by atoms with van der Waals surface area (Å²) in [6.07, 6.45) is -15.3. The average Bonchev–Trinajstić information content (AvgIpc) is 3.05. The zero-order valence-corrected chi connectivity index (χ0v) is 31.1. The van der Waals surface area contributed by atoms with Crippen LogP contribution in [0.3, 0.4) is 0 Å². The topological polar surface area (TPSA) is 209 Å². The number of ether oxygens (including phenoxy) is 2. The molecule has 0 radical (unpaired) electrons. The number of hydrogen-bond acceptors (Lipinski definition) is 9. The molecule has 2 aromatic rings. The quantitative estimate of drug-likeness (QED) is 0.142. The van der Waals surface area contributed by atoms with Gasteiger partial charge in [-0.3, -0.25) is 4.79 Å². The molecule has 1 aliphatic rings. The summed E-state index contributed by atoms with van der Waals surface area (Å²) < 4.78 is 134. The SMILES string of the molecule is CC(=O)NCCOCCOCCNS(=O)(=O)c1ccc(C2CN(C)Cc3c(Cl)cc(Cl)cc32)cc1.O=C(O)C(F)(F)F.O=C(O)C(F)(F)F.O=C(O)C(F)(F)F. The van der Waals surface area contributed by atoms with Gasteiger partial charge in [0.05, 0.1) is 31.3 Å². The molecule has 14 nitrogen and oxygen atoms in total. The lowest BCUT2D eigenvalue weighted by atomic mass is 9.85. The number of nitrogens with one attached hydrogen (secondary N) is 2. The second kappa shape index (κ2) is 23.3. The number of sulfonamides is 1. The number of halogens is 11. The van der Waals surface area contributed by atoms with Gasteiger partial charge in [0.2, 0.25) is 15.9 Å². The van der Waals surface area contributed by atoms with Crippen LogP contribution in [0, 0.1) is 0 Å². The molecule has 26 heteroatoms. The third-order valence-corrected chi connectivity index (χ3v) is 8.38. The summed E-state index contributed by atoms with van der Waals surface area (Å²) >= 11 is 12.7. The molecule has 1 amide bonds. The maximum atomic E-state index is 12.7. The maximum absolute atomic E-state index is 12.7. The molecule has 1 heterocycles. The Kier molecular flexibility index (Phi) is 21.7. The first-order valence-electron chi connectivity index (χ1n) is 15.1. The molecule has 0 aliphatic carbocycles. The van der Waals surface area contributed by atoms with Crippen molar-refractivity contribution in [2.75, 3.05) is 53.1 Å². The van der Waals surface area contributed by atoms with E-state index in [0.717, 1.165) is 29.8 Å². The number of carboxylic acids is 3. The minimum absolute atomic E-state index is 0.0403. The highest BCUT2D eigenvalue weighted by atomic mass is 35.5. The first-order chi connectivity index (χ1) is 25.5. The van der Waals surface area contributed by atoms with E-state index in [2.05, 4.69) is 14.9 Å². The van der Waals surface area contributed by atoms with E-state index in [-0.39, 0.29) is 29.9 Å². The number of fused-ring (bicyclic) bond motifs is 1. The Balaban J connectivity index is 0.00000117. The summed E-state index contributed by atoms with van der Waals surface area (Å²) in [6, 6.07) is 10.6. The Morgan fingerprint density at radius 2 is 1.21 bits per heavy atom. The summed E-state index contributed by atoms with van der Waals surface area (Å²) in [5.41, 5.74) is 3.12. The van der Waals surface area contributed by atoms with E-state index in [1.807, 2.05) is 25.2 Å². The molecule has 1 unspecified atom stereocenters. The van der Waals surface area contributed by atoms with Crippen molar-refractivity contribution >= 4 is 57.0 Å². The summed E-state index contributed by atoms with van der Waals surface area (Å²) in [7, 11) is -1.63. The van der Waals surface area contributed by atoms with Gasteiger partial charge in [0, 0.05) is 49.1 Å². The molecule has 0 fully saturated rings. The van der Waals surface area contributed by atoms with Gasteiger partial charge >= 0.3 is 36.4 Å². The van der Waals surface area contributed by atoms with Crippen molar-refractivity contribution in [3.05, 3.63) is 63.1 Å². The van der Waals surface area contributed by atoms with Crippen LogP contribution in [0.15, 0.2) is 41.3 Å². The Labute approximate surface area is 322 Å². The number of likely N-dealkylation sites (N-methyl/N-ethyl adjacent to an activating group) is 1. The van der Waals surface area contributed by atoms with Gasteiger partial charge < -0.3 is 35.0 Å². The molecule has 1 atom stereocenters. The van der Waals surface area contributed by atoms with E-state index in [1.54, 1.807) is 18.2 Å². The fourth-order valence-corrected chi connectivity index (χ4v) is 5.54. The van der Waals surface area contributed by atoms with E-state index < -0.39 is 46.5 Å². The summed E-state index contributed by atoms with van der Waals surface area (Å²) in [5, 5.41) is 25.2. The van der Waals surface area contributed by atoms with E-state index in [9.17, 15) is 52.7 Å². The van der Waals surface area contributed by atoms with Gasteiger partial charge in [-0.05, 0) is 48.0 Å². The van der Waals surface area contributed by atoms with Crippen molar-refractivity contribution in [3.8, 4) is 0 Å². The molecule has 1 aliphatic heterocycles. The Hall–Kier alpha value is -3.94. The van der Waals surface area contributed by atoms with Gasteiger partial charge in [-0.1, -0.05) is 35.3 Å². The molecule has 3 rings (SSSR count). The first-order valence-corrected chi connectivity index (χ1v) is 17.3. The Morgan fingerprint density at radius 3 is 1.62 bits per heavy atom. The first kappa shape index (κ1) is 52.1. The van der Waals surface area contributed by atoms with Crippen molar-refractivity contribution < 1.29 is 91.9 Å². The number of carbonyl (C=O) groups is 4. The van der Waals surface area contributed by atoms with Gasteiger partial charge in [-0.2, -0.15) is 39.5 Å². The van der Waals surface area contributed by atoms with Gasteiger partial charge in [0.1, 0.15) is 0 Å². The maximum Gasteiger partial charge on any atom is 0.490 e. The van der Waals surface area contributed by atoms with Crippen LogP contribution in [-0.4, -0.2) is 124 Å². The predicted octanol–water partition coefficient (Wildman–Crippen LogP) is 4.92. The number of amides is 1. The van der Waals surface area contributed by atoms with Crippen LogP contribution >= 0.6 is 23.2 Å². The van der Waals surface area contributed by atoms with Gasteiger partial charge in [0.25, 0.3) is 0 Å². The second-order valence-electron chi connectivity index (χ2n) is 10.8. The second-order valence-corrected chi connectivity index (χ2v) is 13.4. The van der Waals surface area contributed by atoms with Crippen LogP contribution in [0.25, 0.3) is 0 Å². The molecule has 56 heavy (non-hydrogen) atoms. The molecule has 0 saturated carbocycles. The molecule has 0 spiro atoms. The monoisotopic (exact) mass is 885 g/mol. The summed E-state index contributed by atoms with van der Waals surface area (Å²) in [5.74, 6) is -8.33. The summed E-state index contributed by atoms with van der Waals surface area (Å²) in [6.45, 7) is 4.87. The van der Waals surface area contributed by atoms with E-state index in [1.165, 1.54) is 6.92 Å². The standard InChI is InChI=1S/C24H31Cl2N3O5S.3C2HF3O2/c1-17(30)27-7-9-33-11-12-34-10-8-28-35(31,32)20-5-3-18(4-6-20)22-15-29(2)16-23-21(22)13-19(25)14-24(23)26;3*3-2(4,5)1(6)7/h3-6,13-14,22,28H,7-12,15-16H2,1-2H3,(H,27,30);3*(H,6,7). The van der Waals surface area contributed by atoms with Crippen LogP contribution in [0.2, 0.25) is 10.0 Å². The lowest BCUT2D eigenvalue weighted by Crippen LogP contribution is -2.31.